The molecule has 0 amide bonds. The summed E-state index contributed by atoms with van der Waals surface area (Å²) in [6.45, 7) is 2.41. The minimum absolute atomic E-state index is 0.0852. The van der Waals surface area contributed by atoms with Crippen LogP contribution >= 0.6 is 15.6 Å². The molecule has 0 rings (SSSR count). The molecular weight excluding hydrogens is 1310 g/mol. The van der Waals surface area contributed by atoms with Crippen LogP contribution in [-0.4, -0.2) is 95.9 Å². The van der Waals surface area contributed by atoms with Crippen molar-refractivity contribution in [1.82, 2.24) is 0 Å². The number of hydrogen-bond acceptors (Lipinski definition) is 14. The SMILES string of the molecule is CC/C=C\C/C=C\C/C=C\C/C=C\C/C=C\CCCCCCCCCCCCCCCCCC(=O)OCC(O)COP(=O)(O)OCC(O)COP(=O)(O)OCC(COC(=O)CCCCC/C=C\C/C=C\C/C=C\C/C=C\C/C=C\CC)OC(=O)CCCCCCC/C=C\CCCCCCCC. The number of phosphoric ester groups is 2. The molecule has 0 aliphatic heterocycles. The number of unbranched alkanes of at least 4 members (excludes halogenated alkanes) is 29. The first-order chi connectivity index (χ1) is 49.2. The van der Waals surface area contributed by atoms with Crippen molar-refractivity contribution < 1.29 is 75.8 Å². The van der Waals surface area contributed by atoms with Crippen LogP contribution in [-0.2, 0) is 55.8 Å². The van der Waals surface area contributed by atoms with E-state index in [4.69, 9.17) is 32.3 Å². The summed E-state index contributed by atoms with van der Waals surface area (Å²) in [5.41, 5.74) is 0. The molecule has 0 aromatic rings. The summed E-state index contributed by atoms with van der Waals surface area (Å²) < 4.78 is 61.1. The Morgan fingerprint density at radius 3 is 0.851 bits per heavy atom. The van der Waals surface area contributed by atoms with Crippen molar-refractivity contribution in [3.8, 4) is 0 Å². The molecule has 0 bridgehead atoms. The molecule has 18 heteroatoms. The first kappa shape index (κ1) is 96.7. The molecule has 0 aromatic heterocycles. The summed E-state index contributed by atoms with van der Waals surface area (Å²) in [4.78, 5) is 58.6. The van der Waals surface area contributed by atoms with Crippen LogP contribution in [0, 0.1) is 0 Å². The highest BCUT2D eigenvalue weighted by Gasteiger charge is 2.29. The summed E-state index contributed by atoms with van der Waals surface area (Å²) in [7, 11) is -9.80. The Kier molecular flexibility index (Phi) is 72.2. The van der Waals surface area contributed by atoms with Crippen molar-refractivity contribution in [2.75, 3.05) is 39.6 Å². The topological polar surface area (TPSA) is 231 Å². The van der Waals surface area contributed by atoms with Crippen molar-refractivity contribution in [2.45, 2.75) is 334 Å². The highest BCUT2D eigenvalue weighted by molar-refractivity contribution is 7.47. The largest absolute Gasteiger partial charge is 0.472 e. The molecule has 0 heterocycles. The Balaban J connectivity index is 4.50. The minimum Gasteiger partial charge on any atom is -0.463 e. The summed E-state index contributed by atoms with van der Waals surface area (Å²) >= 11 is 0. The van der Waals surface area contributed by atoms with Gasteiger partial charge in [-0.1, -0.05) is 296 Å². The van der Waals surface area contributed by atoms with E-state index in [-0.39, 0.29) is 19.3 Å². The molecule has 0 aliphatic rings. The Morgan fingerprint density at radius 1 is 0.287 bits per heavy atom. The van der Waals surface area contributed by atoms with Crippen molar-refractivity contribution >= 4 is 33.6 Å². The van der Waals surface area contributed by atoms with Crippen molar-refractivity contribution in [1.29, 1.82) is 0 Å². The zero-order valence-electron chi connectivity index (χ0n) is 63.3. The number of hydrogen-bond donors (Lipinski definition) is 4. The number of carbonyl (C=O) groups excluding carboxylic acids is 3. The number of esters is 3. The van der Waals surface area contributed by atoms with Crippen LogP contribution < -0.4 is 0 Å². The molecule has 16 nitrogen and oxygen atoms in total. The highest BCUT2D eigenvalue weighted by Crippen LogP contribution is 2.45. The molecule has 0 fully saturated rings. The molecule has 0 saturated carbocycles. The summed E-state index contributed by atoms with van der Waals surface area (Å²) in [6, 6.07) is 0. The Morgan fingerprint density at radius 2 is 0.525 bits per heavy atom. The van der Waals surface area contributed by atoms with Crippen LogP contribution in [0.3, 0.4) is 0 Å². The first-order valence-electron chi connectivity index (χ1n) is 39.5. The van der Waals surface area contributed by atoms with Crippen LogP contribution in [0.5, 0.6) is 0 Å². The fraction of sp³-hybridized carbons (Fsp3) is 0.699. The third-order valence-corrected chi connectivity index (χ3v) is 18.2. The molecular formula is C83H142O16P2. The van der Waals surface area contributed by atoms with Gasteiger partial charge in [0.15, 0.2) is 6.10 Å². The average Bonchev–Trinajstić information content (AvgIpc) is 0.980. The fourth-order valence-corrected chi connectivity index (χ4v) is 12.0. The number of carbonyl (C=O) groups is 3. The standard InChI is InChI=1S/C83H142O16P2/c1-4-7-10-13-16-19-22-25-28-30-32-33-34-35-36-37-38-39-40-41-42-43-45-47-49-51-54-57-60-63-66-69-81(86)93-72-78(84)73-95-100(89,90)96-74-79(85)75-97-101(91,92)98-77-80(99-83(88)71-68-65-62-59-56-53-48-27-24-21-18-15-12-9-6-3)76-94-82(87)70-67-64-61-58-55-52-50-46-44-31-29-26-23-20-17-14-11-8-5-2/h7-8,10-11,16-17,19-20,25-29,32-33,35-36,44,46,48,52,55,78-80,84-85H,4-6,9,12-15,18,21-24,30-31,34,37-43,45,47,49-51,53-54,56-77H2,1-3H3,(H,89,90)(H,91,92)/b10-7-,11-8-,19-16-,20-17-,28-25-,29-26-,33-32-,36-35-,46-44-,48-27-,55-52-. The van der Waals surface area contributed by atoms with Gasteiger partial charge in [-0.15, -0.1) is 0 Å². The predicted molar refractivity (Wildman–Crippen MR) is 417 cm³/mol. The van der Waals surface area contributed by atoms with Crippen LogP contribution in [0.15, 0.2) is 134 Å². The van der Waals surface area contributed by atoms with E-state index < -0.39 is 91.5 Å². The molecule has 580 valence electrons. The molecule has 0 saturated heterocycles. The third kappa shape index (κ3) is 76.6. The molecule has 0 aliphatic carbocycles. The lowest BCUT2D eigenvalue weighted by molar-refractivity contribution is -0.161. The van der Waals surface area contributed by atoms with Gasteiger partial charge in [-0.25, -0.2) is 9.13 Å². The smallest absolute Gasteiger partial charge is 0.463 e. The van der Waals surface area contributed by atoms with Gasteiger partial charge in [0.1, 0.15) is 25.4 Å². The zero-order valence-corrected chi connectivity index (χ0v) is 65.1. The molecule has 5 unspecified atom stereocenters. The number of aliphatic hydroxyl groups excluding tert-OH is 2. The van der Waals surface area contributed by atoms with Gasteiger partial charge < -0.3 is 34.2 Å². The monoisotopic (exact) mass is 1460 g/mol. The minimum atomic E-state index is -4.94. The molecule has 0 spiro atoms. The zero-order chi connectivity index (χ0) is 73.7. The van der Waals surface area contributed by atoms with Gasteiger partial charge in [-0.3, -0.25) is 32.5 Å². The van der Waals surface area contributed by atoms with Gasteiger partial charge in [0.25, 0.3) is 0 Å². The quantitative estimate of drug-likeness (QED) is 0.0146. The van der Waals surface area contributed by atoms with E-state index in [1.54, 1.807) is 0 Å². The van der Waals surface area contributed by atoms with Gasteiger partial charge in [-0.05, 0) is 135 Å². The maximum absolute atomic E-state index is 13.0. The van der Waals surface area contributed by atoms with E-state index in [2.05, 4.69) is 154 Å². The second-order valence-corrected chi connectivity index (χ2v) is 29.0. The summed E-state index contributed by atoms with van der Waals surface area (Å²) in [5, 5.41) is 20.6. The summed E-state index contributed by atoms with van der Waals surface area (Å²) in [6.07, 6.45) is 90.8. The van der Waals surface area contributed by atoms with Gasteiger partial charge in [0.05, 0.1) is 26.4 Å². The van der Waals surface area contributed by atoms with Crippen molar-refractivity contribution in [2.24, 2.45) is 0 Å². The Bertz CT molecular complexity index is 2370. The number of rotatable bonds is 74. The van der Waals surface area contributed by atoms with Crippen LogP contribution in [0.2, 0.25) is 0 Å². The molecule has 5 atom stereocenters. The average molecular weight is 1460 g/mol. The van der Waals surface area contributed by atoms with Gasteiger partial charge in [-0.2, -0.15) is 0 Å². The van der Waals surface area contributed by atoms with E-state index in [1.165, 1.54) is 116 Å². The molecule has 4 N–H and O–H groups in total. The van der Waals surface area contributed by atoms with Crippen LogP contribution in [0.1, 0.15) is 316 Å². The Hall–Kier alpha value is -4.31. The number of allylic oxidation sites excluding steroid dienone is 22. The van der Waals surface area contributed by atoms with Crippen molar-refractivity contribution in [3.63, 3.8) is 0 Å². The Labute approximate surface area is 614 Å². The lowest BCUT2D eigenvalue weighted by Crippen LogP contribution is -2.30. The van der Waals surface area contributed by atoms with Crippen LogP contribution in [0.4, 0.5) is 0 Å². The van der Waals surface area contributed by atoms with E-state index in [0.29, 0.717) is 19.3 Å². The number of ether oxygens (including phenoxy) is 3. The van der Waals surface area contributed by atoms with E-state index >= 15 is 0 Å². The second-order valence-electron chi connectivity index (χ2n) is 26.1. The second kappa shape index (κ2) is 75.4. The normalized spacial score (nSPS) is 14.7. The van der Waals surface area contributed by atoms with Crippen molar-refractivity contribution in [3.05, 3.63) is 134 Å². The lowest BCUT2D eigenvalue weighted by atomic mass is 10.0. The first-order valence-corrected chi connectivity index (χ1v) is 42.5. The molecule has 0 radical (unpaired) electrons. The molecule has 0 aromatic carbocycles. The number of phosphoric acid groups is 2. The number of aliphatic hydroxyl groups is 2. The summed E-state index contributed by atoms with van der Waals surface area (Å²) in [5.74, 6) is -1.62. The maximum Gasteiger partial charge on any atom is 0.472 e. The van der Waals surface area contributed by atoms with Gasteiger partial charge in [0.2, 0.25) is 0 Å². The van der Waals surface area contributed by atoms with E-state index in [1.807, 2.05) is 0 Å². The third-order valence-electron chi connectivity index (χ3n) is 16.3. The van der Waals surface area contributed by atoms with Gasteiger partial charge >= 0.3 is 33.6 Å². The van der Waals surface area contributed by atoms with Gasteiger partial charge in [0, 0.05) is 19.3 Å². The van der Waals surface area contributed by atoms with E-state index in [9.17, 15) is 43.5 Å². The lowest BCUT2D eigenvalue weighted by Gasteiger charge is -2.21. The van der Waals surface area contributed by atoms with E-state index in [0.717, 1.165) is 141 Å². The maximum atomic E-state index is 13.0. The predicted octanol–water partition coefficient (Wildman–Crippen LogP) is 23.1. The fourth-order valence-electron chi connectivity index (χ4n) is 10.4. The van der Waals surface area contributed by atoms with Crippen LogP contribution in [0.25, 0.3) is 0 Å². The molecule has 101 heavy (non-hydrogen) atoms. The highest BCUT2D eigenvalue weighted by atomic mass is 31.2.